The van der Waals surface area contributed by atoms with Crippen LogP contribution in [-0.4, -0.2) is 39.9 Å². The second kappa shape index (κ2) is 6.19. The number of carbonyl (C=O) groups excluding carboxylic acids is 2. The summed E-state index contributed by atoms with van der Waals surface area (Å²) in [5, 5.41) is 11.2. The highest BCUT2D eigenvalue weighted by molar-refractivity contribution is 5.97. The number of hydrogen-bond acceptors (Lipinski definition) is 6. The van der Waals surface area contributed by atoms with E-state index in [4.69, 9.17) is 9.47 Å². The molecule has 1 amide bonds. The topological polar surface area (TPSA) is 95.3 Å². The molecular formula is C17H18N4O4. The Kier molecular flexibility index (Phi) is 3.87. The highest BCUT2D eigenvalue weighted by Gasteiger charge is 2.32. The number of ether oxygens (including phenoxy) is 2. The van der Waals surface area contributed by atoms with Crippen LogP contribution in [0, 0.1) is 5.92 Å². The van der Waals surface area contributed by atoms with E-state index in [1.807, 2.05) is 22.8 Å². The van der Waals surface area contributed by atoms with Crippen LogP contribution in [0.1, 0.15) is 18.1 Å². The van der Waals surface area contributed by atoms with Gasteiger partial charge in [-0.2, -0.15) is 0 Å². The van der Waals surface area contributed by atoms with Gasteiger partial charge >= 0.3 is 5.97 Å². The van der Waals surface area contributed by atoms with Gasteiger partial charge in [0.2, 0.25) is 0 Å². The summed E-state index contributed by atoms with van der Waals surface area (Å²) in [7, 11) is 1.39. The number of para-hydroxylation sites is 2. The zero-order valence-corrected chi connectivity index (χ0v) is 13.8. The molecule has 1 N–H and O–H groups in total. The summed E-state index contributed by atoms with van der Waals surface area (Å²) in [6.07, 6.45) is 0.967. The van der Waals surface area contributed by atoms with Crippen molar-refractivity contribution in [1.82, 2.24) is 14.8 Å². The number of anilines is 1. The Bertz CT molecular complexity index is 832. The second-order valence-electron chi connectivity index (χ2n) is 6.20. The highest BCUT2D eigenvalue weighted by Crippen LogP contribution is 2.30. The van der Waals surface area contributed by atoms with Crippen LogP contribution < -0.4 is 10.1 Å². The van der Waals surface area contributed by atoms with Crippen LogP contribution in [0.5, 0.6) is 5.75 Å². The van der Waals surface area contributed by atoms with Crippen LogP contribution >= 0.6 is 0 Å². The van der Waals surface area contributed by atoms with E-state index >= 15 is 0 Å². The van der Waals surface area contributed by atoms with Crippen molar-refractivity contribution in [2.45, 2.75) is 31.9 Å². The van der Waals surface area contributed by atoms with Crippen LogP contribution in [0.2, 0.25) is 0 Å². The smallest absolute Gasteiger partial charge is 0.310 e. The minimum absolute atomic E-state index is 0.212. The third kappa shape index (κ3) is 2.84. The van der Waals surface area contributed by atoms with E-state index in [9.17, 15) is 9.59 Å². The first-order valence-electron chi connectivity index (χ1n) is 8.21. The number of carbonyl (C=O) groups is 2. The van der Waals surface area contributed by atoms with Crippen molar-refractivity contribution in [3.8, 4) is 5.75 Å². The SMILES string of the molecule is COC(=O)C1CCc2nnc(CC3Oc4ccccc4NC3=O)n2C1. The number of benzene rings is 1. The number of aryl methyl sites for hydroxylation is 1. The van der Waals surface area contributed by atoms with Crippen molar-refractivity contribution in [2.24, 2.45) is 5.92 Å². The lowest BCUT2D eigenvalue weighted by Crippen LogP contribution is -2.39. The fourth-order valence-electron chi connectivity index (χ4n) is 3.29. The summed E-state index contributed by atoms with van der Waals surface area (Å²) in [4.78, 5) is 24.1. The third-order valence-corrected chi connectivity index (χ3v) is 4.63. The highest BCUT2D eigenvalue weighted by atomic mass is 16.5. The molecule has 0 radical (unpaired) electrons. The Morgan fingerprint density at radius 2 is 2.24 bits per heavy atom. The molecule has 0 saturated carbocycles. The summed E-state index contributed by atoms with van der Waals surface area (Å²) in [5.41, 5.74) is 0.665. The molecule has 0 saturated heterocycles. The molecule has 2 unspecified atom stereocenters. The minimum Gasteiger partial charge on any atom is -0.478 e. The maximum Gasteiger partial charge on any atom is 0.310 e. The van der Waals surface area contributed by atoms with E-state index in [2.05, 4.69) is 15.5 Å². The molecule has 2 aliphatic heterocycles. The van der Waals surface area contributed by atoms with Crippen molar-refractivity contribution in [2.75, 3.05) is 12.4 Å². The molecule has 8 heteroatoms. The molecule has 0 aliphatic carbocycles. The Labute approximate surface area is 144 Å². The molecular weight excluding hydrogens is 324 g/mol. The predicted octanol–water partition coefficient (Wildman–Crippen LogP) is 0.956. The van der Waals surface area contributed by atoms with Crippen molar-refractivity contribution in [3.05, 3.63) is 35.9 Å². The van der Waals surface area contributed by atoms with E-state index in [1.54, 1.807) is 6.07 Å². The van der Waals surface area contributed by atoms with Gasteiger partial charge in [0.05, 0.1) is 25.1 Å². The van der Waals surface area contributed by atoms with E-state index in [1.165, 1.54) is 7.11 Å². The Morgan fingerprint density at radius 3 is 3.08 bits per heavy atom. The maximum absolute atomic E-state index is 12.3. The van der Waals surface area contributed by atoms with Gasteiger partial charge in [-0.05, 0) is 18.6 Å². The summed E-state index contributed by atoms with van der Waals surface area (Å²) < 4.78 is 12.6. The summed E-state index contributed by atoms with van der Waals surface area (Å²) >= 11 is 0. The van der Waals surface area contributed by atoms with Crippen molar-refractivity contribution < 1.29 is 19.1 Å². The first-order valence-corrected chi connectivity index (χ1v) is 8.21. The maximum atomic E-state index is 12.3. The van der Waals surface area contributed by atoms with Gasteiger partial charge in [0, 0.05) is 13.0 Å². The molecule has 0 fully saturated rings. The molecule has 1 aromatic heterocycles. The lowest BCUT2D eigenvalue weighted by molar-refractivity contribution is -0.146. The number of nitrogens with one attached hydrogen (secondary N) is 1. The normalized spacial score (nSPS) is 21.6. The molecule has 4 rings (SSSR count). The minimum atomic E-state index is -0.679. The van der Waals surface area contributed by atoms with Crippen LogP contribution in [0.25, 0.3) is 0 Å². The standard InChI is InChI=1S/C17H18N4O4/c1-24-17(23)10-6-7-14-19-20-15(21(14)9-10)8-13-16(22)18-11-4-2-3-5-12(11)25-13/h2-5,10,13H,6-9H2,1H3,(H,18,22). The third-order valence-electron chi connectivity index (χ3n) is 4.63. The average Bonchev–Trinajstić information content (AvgIpc) is 3.04. The molecule has 2 aromatic rings. The number of amides is 1. The van der Waals surface area contributed by atoms with Gasteiger partial charge in [0.15, 0.2) is 6.10 Å². The Hall–Kier alpha value is -2.90. The van der Waals surface area contributed by atoms with Gasteiger partial charge in [-0.25, -0.2) is 0 Å². The zero-order valence-electron chi connectivity index (χ0n) is 13.8. The second-order valence-corrected chi connectivity index (χ2v) is 6.20. The summed E-state index contributed by atoms with van der Waals surface area (Å²) in [5.74, 6) is 1.45. The lowest BCUT2D eigenvalue weighted by atomic mass is 9.99. The molecule has 3 heterocycles. The number of aromatic nitrogens is 3. The fourth-order valence-corrected chi connectivity index (χ4v) is 3.29. The molecule has 0 bridgehead atoms. The van der Waals surface area contributed by atoms with Crippen molar-refractivity contribution in [3.63, 3.8) is 0 Å². The molecule has 130 valence electrons. The number of rotatable bonds is 3. The van der Waals surface area contributed by atoms with Crippen LogP contribution in [0.4, 0.5) is 5.69 Å². The molecule has 25 heavy (non-hydrogen) atoms. The molecule has 2 aliphatic rings. The van der Waals surface area contributed by atoms with Gasteiger partial charge in [0.25, 0.3) is 5.91 Å². The quantitative estimate of drug-likeness (QED) is 0.835. The fraction of sp³-hybridized carbons (Fsp3) is 0.412. The molecule has 2 atom stereocenters. The lowest BCUT2D eigenvalue weighted by Gasteiger charge is -2.26. The van der Waals surface area contributed by atoms with E-state index < -0.39 is 6.10 Å². The first kappa shape index (κ1) is 15.6. The first-order chi connectivity index (χ1) is 12.2. The Morgan fingerprint density at radius 1 is 1.40 bits per heavy atom. The monoisotopic (exact) mass is 342 g/mol. The van der Waals surface area contributed by atoms with E-state index in [-0.39, 0.29) is 17.8 Å². The Balaban J connectivity index is 1.54. The van der Waals surface area contributed by atoms with Gasteiger partial charge in [-0.3, -0.25) is 9.59 Å². The van der Waals surface area contributed by atoms with Gasteiger partial charge in [-0.15, -0.1) is 10.2 Å². The van der Waals surface area contributed by atoms with Gasteiger partial charge in [0.1, 0.15) is 17.4 Å². The van der Waals surface area contributed by atoms with E-state index in [0.29, 0.717) is 43.1 Å². The summed E-state index contributed by atoms with van der Waals surface area (Å²) in [6, 6.07) is 7.30. The van der Waals surface area contributed by atoms with Crippen LogP contribution in [0.15, 0.2) is 24.3 Å². The number of hydrogen-bond donors (Lipinski definition) is 1. The predicted molar refractivity (Wildman–Crippen MR) is 87.0 cm³/mol. The van der Waals surface area contributed by atoms with Crippen molar-refractivity contribution in [1.29, 1.82) is 0 Å². The van der Waals surface area contributed by atoms with Gasteiger partial charge < -0.3 is 19.4 Å². The number of esters is 1. The van der Waals surface area contributed by atoms with Crippen LogP contribution in [-0.2, 0) is 33.7 Å². The zero-order chi connectivity index (χ0) is 17.4. The number of methoxy groups -OCH3 is 1. The van der Waals surface area contributed by atoms with Crippen LogP contribution in [0.3, 0.4) is 0 Å². The largest absolute Gasteiger partial charge is 0.478 e. The summed E-state index contributed by atoms with van der Waals surface area (Å²) in [6.45, 7) is 0.468. The van der Waals surface area contributed by atoms with Gasteiger partial charge in [-0.1, -0.05) is 12.1 Å². The average molecular weight is 342 g/mol. The molecule has 1 aromatic carbocycles. The number of nitrogens with zero attached hydrogens (tertiary/aromatic N) is 3. The number of fused-ring (bicyclic) bond motifs is 2. The molecule has 0 spiro atoms. The van der Waals surface area contributed by atoms with Crippen molar-refractivity contribution >= 4 is 17.6 Å². The van der Waals surface area contributed by atoms with E-state index in [0.717, 1.165) is 5.82 Å². The molecule has 8 nitrogen and oxygen atoms in total.